The maximum atomic E-state index is 13.2. The van der Waals surface area contributed by atoms with E-state index in [0.29, 0.717) is 11.4 Å². The minimum atomic E-state index is -3.92. The Balaban J connectivity index is 1.81. The summed E-state index contributed by atoms with van der Waals surface area (Å²) in [5, 5.41) is 2.12. The Kier molecular flexibility index (Phi) is 6.37. The molecular formula is C22H27ClN2O5S. The zero-order chi connectivity index (χ0) is 23.1. The number of hydrogen-bond acceptors (Lipinski definition) is 5. The van der Waals surface area contributed by atoms with Crippen LogP contribution >= 0.6 is 11.6 Å². The maximum Gasteiger partial charge on any atom is 0.329 e. The smallest absolute Gasteiger partial charge is 0.329 e. The Morgan fingerprint density at radius 1 is 1.19 bits per heavy atom. The molecule has 1 aliphatic rings. The third-order valence-electron chi connectivity index (χ3n) is 5.32. The lowest BCUT2D eigenvalue weighted by Gasteiger charge is -2.28. The van der Waals surface area contributed by atoms with Crippen molar-refractivity contribution < 1.29 is 22.7 Å². The Morgan fingerprint density at radius 2 is 1.81 bits per heavy atom. The van der Waals surface area contributed by atoms with Crippen molar-refractivity contribution in [3.8, 4) is 0 Å². The number of carbonyl (C=O) groups excluding carboxylic acids is 2. The predicted octanol–water partition coefficient (Wildman–Crippen LogP) is 3.44. The van der Waals surface area contributed by atoms with Crippen LogP contribution in [0.4, 0.5) is 0 Å². The van der Waals surface area contributed by atoms with Crippen LogP contribution in [0.1, 0.15) is 34.1 Å². The number of benzene rings is 2. The van der Waals surface area contributed by atoms with Gasteiger partial charge in [0.2, 0.25) is 15.9 Å². The second-order valence-corrected chi connectivity index (χ2v) is 11.2. The van der Waals surface area contributed by atoms with Crippen LogP contribution in [-0.2, 0) is 24.3 Å². The zero-order valence-electron chi connectivity index (χ0n) is 18.3. The maximum absolute atomic E-state index is 13.2. The molecule has 2 aromatic carbocycles. The van der Waals surface area contributed by atoms with E-state index in [1.54, 1.807) is 58.0 Å². The summed E-state index contributed by atoms with van der Waals surface area (Å²) in [4.78, 5) is 26.8. The number of ether oxygens (including phenoxy) is 1. The van der Waals surface area contributed by atoms with Gasteiger partial charge in [-0.1, -0.05) is 23.7 Å². The van der Waals surface area contributed by atoms with Gasteiger partial charge in [0.05, 0.1) is 4.90 Å². The van der Waals surface area contributed by atoms with E-state index in [1.807, 2.05) is 0 Å². The van der Waals surface area contributed by atoms with Gasteiger partial charge in [-0.05, 0) is 69.2 Å². The summed E-state index contributed by atoms with van der Waals surface area (Å²) in [6.07, 6.45) is 0.297. The molecule has 2 aromatic rings. The highest BCUT2D eigenvalue weighted by Gasteiger charge is 2.43. The fourth-order valence-electron chi connectivity index (χ4n) is 3.61. The largest absolute Gasteiger partial charge is 0.458 e. The van der Waals surface area contributed by atoms with E-state index in [9.17, 15) is 18.0 Å². The molecule has 1 amide bonds. The van der Waals surface area contributed by atoms with Crippen molar-refractivity contribution in [3.63, 3.8) is 0 Å². The first kappa shape index (κ1) is 23.5. The van der Waals surface area contributed by atoms with E-state index in [2.05, 4.69) is 0 Å². The van der Waals surface area contributed by atoms with Crippen molar-refractivity contribution in [2.45, 2.75) is 56.7 Å². The highest BCUT2D eigenvalue weighted by Crippen LogP contribution is 2.28. The SMILES string of the molecule is CC(C(=O)OC(C)(C)C)N1CCC(N(C)S(=O)(=O)c2ccc3cc(Cl)ccc3c2)C1=O. The first-order valence-corrected chi connectivity index (χ1v) is 11.8. The van der Waals surface area contributed by atoms with Gasteiger partial charge in [-0.25, -0.2) is 13.2 Å². The summed E-state index contributed by atoms with van der Waals surface area (Å²) in [5.41, 5.74) is -0.673. The molecule has 168 valence electrons. The Bertz CT molecular complexity index is 1130. The topological polar surface area (TPSA) is 84.0 Å². The number of likely N-dealkylation sites (N-methyl/N-ethyl adjacent to an activating group) is 1. The summed E-state index contributed by atoms with van der Waals surface area (Å²) in [6, 6.07) is 8.29. The fourth-order valence-corrected chi connectivity index (χ4v) is 5.17. The number of likely N-dealkylation sites (tertiary alicyclic amines) is 1. The fraction of sp³-hybridized carbons (Fsp3) is 0.455. The molecule has 1 aliphatic heterocycles. The van der Waals surface area contributed by atoms with Gasteiger partial charge in [0.25, 0.3) is 0 Å². The van der Waals surface area contributed by atoms with Crippen molar-refractivity contribution in [1.29, 1.82) is 0 Å². The third-order valence-corrected chi connectivity index (χ3v) is 7.41. The number of fused-ring (bicyclic) bond motifs is 1. The molecule has 0 N–H and O–H groups in total. The lowest BCUT2D eigenvalue weighted by atomic mass is 10.1. The summed E-state index contributed by atoms with van der Waals surface area (Å²) in [5.74, 6) is -0.919. The number of sulfonamides is 1. The summed E-state index contributed by atoms with van der Waals surface area (Å²) < 4.78 is 32.9. The Morgan fingerprint density at radius 3 is 2.45 bits per heavy atom. The molecule has 7 nitrogen and oxygen atoms in total. The van der Waals surface area contributed by atoms with Crippen LogP contribution in [0, 0.1) is 0 Å². The van der Waals surface area contributed by atoms with Gasteiger partial charge >= 0.3 is 5.97 Å². The molecule has 1 fully saturated rings. The number of hydrogen-bond donors (Lipinski definition) is 0. The molecule has 9 heteroatoms. The van der Waals surface area contributed by atoms with Gasteiger partial charge in [0, 0.05) is 18.6 Å². The van der Waals surface area contributed by atoms with Crippen molar-refractivity contribution >= 4 is 44.3 Å². The van der Waals surface area contributed by atoms with E-state index in [0.717, 1.165) is 15.1 Å². The molecule has 31 heavy (non-hydrogen) atoms. The second-order valence-electron chi connectivity index (χ2n) is 8.72. The molecular weight excluding hydrogens is 440 g/mol. The van der Waals surface area contributed by atoms with Crippen LogP contribution in [0.15, 0.2) is 41.3 Å². The Labute approximate surface area is 188 Å². The van der Waals surface area contributed by atoms with Crippen LogP contribution in [-0.4, -0.2) is 60.8 Å². The zero-order valence-corrected chi connectivity index (χ0v) is 19.8. The summed E-state index contributed by atoms with van der Waals surface area (Å²) in [7, 11) is -2.52. The number of rotatable bonds is 5. The number of amides is 1. The lowest BCUT2D eigenvalue weighted by Crippen LogP contribution is -2.48. The summed E-state index contributed by atoms with van der Waals surface area (Å²) >= 11 is 6.00. The molecule has 0 aromatic heterocycles. The predicted molar refractivity (Wildman–Crippen MR) is 119 cm³/mol. The van der Waals surface area contributed by atoms with Crippen LogP contribution < -0.4 is 0 Å². The monoisotopic (exact) mass is 466 g/mol. The molecule has 0 aliphatic carbocycles. The van der Waals surface area contributed by atoms with Crippen molar-refractivity contribution in [2.24, 2.45) is 0 Å². The van der Waals surface area contributed by atoms with Crippen LogP contribution in [0.25, 0.3) is 10.8 Å². The highest BCUT2D eigenvalue weighted by molar-refractivity contribution is 7.89. The molecule has 0 saturated carbocycles. The van der Waals surface area contributed by atoms with Gasteiger partial charge in [0.15, 0.2) is 0 Å². The average Bonchev–Trinajstić information content (AvgIpc) is 3.05. The number of esters is 1. The third kappa shape index (κ3) is 4.86. The lowest BCUT2D eigenvalue weighted by molar-refractivity contribution is -0.163. The second kappa shape index (κ2) is 8.41. The van der Waals surface area contributed by atoms with E-state index < -0.39 is 39.6 Å². The van der Waals surface area contributed by atoms with Gasteiger partial charge in [-0.2, -0.15) is 4.31 Å². The number of carbonyl (C=O) groups is 2. The molecule has 2 atom stereocenters. The van der Waals surface area contributed by atoms with Crippen molar-refractivity contribution in [1.82, 2.24) is 9.21 Å². The molecule has 2 unspecified atom stereocenters. The van der Waals surface area contributed by atoms with Gasteiger partial charge in [0.1, 0.15) is 17.7 Å². The van der Waals surface area contributed by atoms with Crippen molar-refractivity contribution in [2.75, 3.05) is 13.6 Å². The van der Waals surface area contributed by atoms with Crippen LogP contribution in [0.3, 0.4) is 0 Å². The van der Waals surface area contributed by atoms with E-state index in [4.69, 9.17) is 16.3 Å². The minimum absolute atomic E-state index is 0.0938. The van der Waals surface area contributed by atoms with Gasteiger partial charge in [-0.15, -0.1) is 0 Å². The standard InChI is InChI=1S/C22H27ClN2O5S/c1-14(21(27)30-22(2,3)4)25-11-10-19(20(25)26)24(5)31(28,29)18-9-7-15-12-17(23)8-6-16(15)13-18/h6-9,12-14,19H,10-11H2,1-5H3. The van der Waals surface area contributed by atoms with Crippen LogP contribution in [0.2, 0.25) is 5.02 Å². The molecule has 0 bridgehead atoms. The molecule has 1 saturated heterocycles. The first-order valence-electron chi connectivity index (χ1n) is 10.0. The Hall–Kier alpha value is -2.16. The van der Waals surface area contributed by atoms with Gasteiger partial charge < -0.3 is 9.64 Å². The summed E-state index contributed by atoms with van der Waals surface area (Å²) in [6.45, 7) is 7.13. The van der Waals surface area contributed by atoms with E-state index in [1.165, 1.54) is 18.0 Å². The minimum Gasteiger partial charge on any atom is -0.458 e. The first-order chi connectivity index (χ1) is 14.3. The normalized spacial score (nSPS) is 18.6. The van der Waals surface area contributed by atoms with Crippen molar-refractivity contribution in [3.05, 3.63) is 41.4 Å². The quantitative estimate of drug-likeness (QED) is 0.630. The van der Waals surface area contributed by atoms with Crippen LogP contribution in [0.5, 0.6) is 0 Å². The molecule has 3 rings (SSSR count). The van der Waals surface area contributed by atoms with E-state index >= 15 is 0 Å². The number of nitrogens with zero attached hydrogens (tertiary/aromatic N) is 2. The average molecular weight is 467 g/mol. The van der Waals surface area contributed by atoms with E-state index in [-0.39, 0.29) is 11.4 Å². The van der Waals surface area contributed by atoms with Gasteiger partial charge in [-0.3, -0.25) is 4.79 Å². The molecule has 1 heterocycles. The molecule has 0 radical (unpaired) electrons. The highest BCUT2D eigenvalue weighted by atomic mass is 35.5. The molecule has 0 spiro atoms. The number of halogens is 1.